The highest BCUT2D eigenvalue weighted by Gasteiger charge is 2.28. The summed E-state index contributed by atoms with van der Waals surface area (Å²) in [4.78, 5) is 0. The molecular formula is C8H16BrNO2S. The minimum Gasteiger partial charge on any atom is -0.206 e. The summed E-state index contributed by atoms with van der Waals surface area (Å²) in [6.07, 6.45) is 0. The first-order valence-corrected chi connectivity index (χ1v) is 6.32. The third-order valence-electron chi connectivity index (χ3n) is 1.58. The van der Waals surface area contributed by atoms with Gasteiger partial charge in [-0.15, -0.1) is 0 Å². The molecule has 0 heterocycles. The van der Waals surface area contributed by atoms with Crippen molar-refractivity contribution in [3.8, 4) is 0 Å². The van der Waals surface area contributed by atoms with Gasteiger partial charge in [-0.25, -0.2) is 8.42 Å². The summed E-state index contributed by atoms with van der Waals surface area (Å²) in [6, 6.07) is -0.112. The number of sulfonamides is 1. The summed E-state index contributed by atoms with van der Waals surface area (Å²) in [7, 11) is -3.38. The van der Waals surface area contributed by atoms with Crippen molar-refractivity contribution in [1.82, 2.24) is 4.31 Å². The molecule has 0 bridgehead atoms. The van der Waals surface area contributed by atoms with Crippen LogP contribution < -0.4 is 0 Å². The van der Waals surface area contributed by atoms with E-state index >= 15 is 0 Å². The van der Waals surface area contributed by atoms with E-state index in [1.807, 2.05) is 27.7 Å². The maximum absolute atomic E-state index is 11.7. The molecule has 0 saturated carbocycles. The summed E-state index contributed by atoms with van der Waals surface area (Å²) in [5.41, 5.74) is 0. The van der Waals surface area contributed by atoms with Gasteiger partial charge in [0, 0.05) is 12.1 Å². The molecule has 0 amide bonds. The normalized spacial score (nSPS) is 12.9. The van der Waals surface area contributed by atoms with Crippen molar-refractivity contribution < 1.29 is 8.42 Å². The molecule has 0 N–H and O–H groups in total. The van der Waals surface area contributed by atoms with Crippen molar-refractivity contribution >= 4 is 26.0 Å². The largest absolute Gasteiger partial charge is 0.249 e. The maximum Gasteiger partial charge on any atom is 0.249 e. The molecule has 3 nitrogen and oxygen atoms in total. The Morgan fingerprint density at radius 3 is 1.62 bits per heavy atom. The zero-order valence-corrected chi connectivity index (χ0v) is 10.8. The van der Waals surface area contributed by atoms with Crippen LogP contribution in [0.1, 0.15) is 27.7 Å². The van der Waals surface area contributed by atoms with Crippen LogP contribution in [0.3, 0.4) is 0 Å². The van der Waals surface area contributed by atoms with Crippen LogP contribution in [0.2, 0.25) is 0 Å². The highest BCUT2D eigenvalue weighted by molar-refractivity contribution is 9.13. The predicted octanol–water partition coefficient (Wildman–Crippen LogP) is 2.30. The van der Waals surface area contributed by atoms with Gasteiger partial charge in [-0.3, -0.25) is 0 Å². The van der Waals surface area contributed by atoms with E-state index in [-0.39, 0.29) is 15.9 Å². The fourth-order valence-corrected chi connectivity index (χ4v) is 3.11. The minimum absolute atomic E-state index is 0.0161. The van der Waals surface area contributed by atoms with Crippen molar-refractivity contribution in [3.63, 3.8) is 0 Å². The molecule has 78 valence electrons. The second-order valence-electron chi connectivity index (χ2n) is 3.38. The van der Waals surface area contributed by atoms with E-state index in [1.165, 1.54) is 4.31 Å². The van der Waals surface area contributed by atoms with E-state index < -0.39 is 10.0 Å². The van der Waals surface area contributed by atoms with Crippen LogP contribution in [0.15, 0.2) is 10.4 Å². The topological polar surface area (TPSA) is 37.4 Å². The first-order chi connectivity index (χ1) is 5.71. The molecule has 0 fully saturated rings. The van der Waals surface area contributed by atoms with Gasteiger partial charge in [0.2, 0.25) is 10.0 Å². The summed E-state index contributed by atoms with van der Waals surface area (Å²) >= 11 is 2.91. The molecule has 0 unspecified atom stereocenters. The Morgan fingerprint density at radius 1 is 1.23 bits per heavy atom. The Labute approximate surface area is 89.0 Å². The van der Waals surface area contributed by atoms with Crippen molar-refractivity contribution in [3.05, 3.63) is 10.4 Å². The smallest absolute Gasteiger partial charge is 0.206 e. The summed E-state index contributed by atoms with van der Waals surface area (Å²) in [5.74, 6) is 0. The van der Waals surface area contributed by atoms with Gasteiger partial charge in [0.05, 0.1) is 0 Å². The second-order valence-corrected chi connectivity index (χ2v) is 6.72. The Bertz CT molecular complexity index is 275. The van der Waals surface area contributed by atoms with Gasteiger partial charge in [0.15, 0.2) is 0 Å². The third kappa shape index (κ3) is 3.07. The highest BCUT2D eigenvalue weighted by atomic mass is 79.9. The molecule has 0 spiro atoms. The Balaban J connectivity index is 5.09. The standard InChI is InChI=1S/C8H16BrNO2S/c1-6(2)10(7(3)4)13(11,12)8(5)9/h6-7H,5H2,1-4H3. The van der Waals surface area contributed by atoms with Crippen molar-refractivity contribution in [2.45, 2.75) is 39.8 Å². The molecule has 5 heteroatoms. The van der Waals surface area contributed by atoms with E-state index in [0.29, 0.717) is 0 Å². The Morgan fingerprint density at radius 2 is 1.54 bits per heavy atom. The molecule has 0 aliphatic rings. The van der Waals surface area contributed by atoms with E-state index in [9.17, 15) is 8.42 Å². The molecule has 0 rings (SSSR count). The lowest BCUT2D eigenvalue weighted by Crippen LogP contribution is -2.41. The highest BCUT2D eigenvalue weighted by Crippen LogP contribution is 2.21. The van der Waals surface area contributed by atoms with Gasteiger partial charge in [-0.1, -0.05) is 6.58 Å². The van der Waals surface area contributed by atoms with Crippen molar-refractivity contribution in [1.29, 1.82) is 0 Å². The minimum atomic E-state index is -3.38. The zero-order chi connectivity index (χ0) is 10.8. The van der Waals surface area contributed by atoms with E-state index in [0.717, 1.165) is 0 Å². The van der Waals surface area contributed by atoms with Crippen LogP contribution in [0.25, 0.3) is 0 Å². The average molecular weight is 270 g/mol. The lowest BCUT2D eigenvalue weighted by Gasteiger charge is -2.28. The van der Waals surface area contributed by atoms with Gasteiger partial charge in [0.1, 0.15) is 3.81 Å². The molecule has 0 aromatic heterocycles. The van der Waals surface area contributed by atoms with E-state index in [2.05, 4.69) is 22.5 Å². The Hall–Kier alpha value is 0.130. The number of halogens is 1. The van der Waals surface area contributed by atoms with Gasteiger partial charge < -0.3 is 0 Å². The summed E-state index contributed by atoms with van der Waals surface area (Å²) in [6.45, 7) is 10.8. The number of hydrogen-bond donors (Lipinski definition) is 0. The molecule has 0 aromatic rings. The molecule has 0 aliphatic heterocycles. The number of nitrogens with zero attached hydrogens (tertiary/aromatic N) is 1. The van der Waals surface area contributed by atoms with Crippen LogP contribution in [-0.4, -0.2) is 24.8 Å². The van der Waals surface area contributed by atoms with E-state index in [4.69, 9.17) is 0 Å². The zero-order valence-electron chi connectivity index (χ0n) is 8.41. The molecule has 0 radical (unpaired) electrons. The SMILES string of the molecule is C=C(Br)S(=O)(=O)N(C(C)C)C(C)C. The molecule has 0 aliphatic carbocycles. The van der Waals surface area contributed by atoms with Gasteiger partial charge >= 0.3 is 0 Å². The molecule has 0 aromatic carbocycles. The average Bonchev–Trinajstić information content (AvgIpc) is 1.82. The molecular weight excluding hydrogens is 254 g/mol. The van der Waals surface area contributed by atoms with Crippen LogP contribution in [0.4, 0.5) is 0 Å². The molecule has 0 atom stereocenters. The van der Waals surface area contributed by atoms with Gasteiger partial charge in [-0.2, -0.15) is 4.31 Å². The first-order valence-electron chi connectivity index (χ1n) is 4.09. The quantitative estimate of drug-likeness (QED) is 0.786. The summed E-state index contributed by atoms with van der Waals surface area (Å²) in [5, 5.41) is 0. The van der Waals surface area contributed by atoms with Crippen LogP contribution in [0, 0.1) is 0 Å². The Kier molecular flexibility index (Phi) is 4.62. The monoisotopic (exact) mass is 269 g/mol. The lowest BCUT2D eigenvalue weighted by atomic mass is 10.3. The summed E-state index contributed by atoms with van der Waals surface area (Å²) < 4.78 is 24.8. The van der Waals surface area contributed by atoms with Crippen molar-refractivity contribution in [2.75, 3.05) is 0 Å². The van der Waals surface area contributed by atoms with Crippen LogP contribution in [0.5, 0.6) is 0 Å². The fraction of sp³-hybridized carbons (Fsp3) is 0.750. The lowest BCUT2D eigenvalue weighted by molar-refractivity contribution is 0.306. The predicted molar refractivity (Wildman–Crippen MR) is 59.1 cm³/mol. The maximum atomic E-state index is 11.7. The third-order valence-corrected chi connectivity index (χ3v) is 4.76. The number of rotatable bonds is 4. The van der Waals surface area contributed by atoms with Crippen molar-refractivity contribution in [2.24, 2.45) is 0 Å². The van der Waals surface area contributed by atoms with Gasteiger partial charge in [-0.05, 0) is 43.6 Å². The van der Waals surface area contributed by atoms with Crippen LogP contribution >= 0.6 is 15.9 Å². The van der Waals surface area contributed by atoms with Crippen LogP contribution in [-0.2, 0) is 10.0 Å². The molecule has 0 saturated heterocycles. The second kappa shape index (κ2) is 4.57. The first kappa shape index (κ1) is 13.1. The van der Waals surface area contributed by atoms with Gasteiger partial charge in [0.25, 0.3) is 0 Å². The molecule has 13 heavy (non-hydrogen) atoms. The van der Waals surface area contributed by atoms with E-state index in [1.54, 1.807) is 0 Å². The fourth-order valence-electron chi connectivity index (χ4n) is 1.27. The number of hydrogen-bond acceptors (Lipinski definition) is 2.